The van der Waals surface area contributed by atoms with Crippen molar-refractivity contribution in [1.29, 1.82) is 0 Å². The summed E-state index contributed by atoms with van der Waals surface area (Å²) in [6.07, 6.45) is 4.53. The number of fused-ring (bicyclic) bond motifs is 1. The molecule has 2 aromatic heterocycles. The zero-order chi connectivity index (χ0) is 13.2. The second-order valence-corrected chi connectivity index (χ2v) is 4.38. The maximum Gasteiger partial charge on any atom is 0.179 e. The lowest BCUT2D eigenvalue weighted by molar-refractivity contribution is 0.414. The molecular formula is C15H14N2O2. The van der Waals surface area contributed by atoms with Crippen molar-refractivity contribution in [3.63, 3.8) is 0 Å². The van der Waals surface area contributed by atoms with Gasteiger partial charge < -0.3 is 14.2 Å². The predicted octanol–water partition coefficient (Wildman–Crippen LogP) is 2.64. The molecule has 0 radical (unpaired) electrons. The van der Waals surface area contributed by atoms with Crippen LogP contribution in [0.15, 0.2) is 48.8 Å². The van der Waals surface area contributed by atoms with Gasteiger partial charge in [-0.15, -0.1) is 0 Å². The lowest BCUT2D eigenvalue weighted by Gasteiger charge is -2.01. The van der Waals surface area contributed by atoms with Crippen LogP contribution < -0.4 is 4.74 Å². The number of aromatic nitrogens is 2. The van der Waals surface area contributed by atoms with E-state index in [0.717, 1.165) is 23.4 Å². The molecule has 0 fully saturated rings. The van der Waals surface area contributed by atoms with Crippen molar-refractivity contribution in [2.24, 2.45) is 0 Å². The Morgan fingerprint density at radius 2 is 2.00 bits per heavy atom. The van der Waals surface area contributed by atoms with Gasteiger partial charge in [-0.25, -0.2) is 4.98 Å². The van der Waals surface area contributed by atoms with Gasteiger partial charge in [0.2, 0.25) is 0 Å². The molecule has 0 bridgehead atoms. The van der Waals surface area contributed by atoms with Gasteiger partial charge in [-0.2, -0.15) is 0 Å². The first-order chi connectivity index (χ1) is 9.26. The maximum atomic E-state index is 9.72. The van der Waals surface area contributed by atoms with E-state index in [9.17, 15) is 5.11 Å². The highest BCUT2D eigenvalue weighted by molar-refractivity contribution is 5.53. The first kappa shape index (κ1) is 11.6. The number of aromatic hydroxyl groups is 1. The van der Waals surface area contributed by atoms with E-state index in [4.69, 9.17) is 4.74 Å². The summed E-state index contributed by atoms with van der Waals surface area (Å²) < 4.78 is 6.96. The van der Waals surface area contributed by atoms with Crippen LogP contribution in [0.25, 0.3) is 5.65 Å². The molecule has 2 heterocycles. The first-order valence-electron chi connectivity index (χ1n) is 6.05. The van der Waals surface area contributed by atoms with E-state index in [-0.39, 0.29) is 5.75 Å². The average molecular weight is 254 g/mol. The van der Waals surface area contributed by atoms with Gasteiger partial charge in [0.05, 0.1) is 12.8 Å². The number of pyridine rings is 1. The standard InChI is InChI=1S/C15H14N2O2/c1-19-13-6-4-11(5-7-13)9-12-10-17-8-2-3-14(18)15(17)16-12/h2-8,10,18H,9H2,1H3. The zero-order valence-corrected chi connectivity index (χ0v) is 10.6. The van der Waals surface area contributed by atoms with Crippen LogP contribution in [0.5, 0.6) is 11.5 Å². The number of hydrogen-bond donors (Lipinski definition) is 1. The van der Waals surface area contributed by atoms with Crippen molar-refractivity contribution in [3.8, 4) is 11.5 Å². The third kappa shape index (κ3) is 2.25. The summed E-state index contributed by atoms with van der Waals surface area (Å²) >= 11 is 0. The normalized spacial score (nSPS) is 10.8. The smallest absolute Gasteiger partial charge is 0.179 e. The third-order valence-electron chi connectivity index (χ3n) is 3.06. The van der Waals surface area contributed by atoms with Crippen LogP contribution in [0.2, 0.25) is 0 Å². The second kappa shape index (κ2) is 4.65. The van der Waals surface area contributed by atoms with Gasteiger partial charge in [-0.1, -0.05) is 12.1 Å². The topological polar surface area (TPSA) is 46.8 Å². The van der Waals surface area contributed by atoms with Gasteiger partial charge in [0.1, 0.15) is 5.75 Å². The molecule has 0 aliphatic carbocycles. The van der Waals surface area contributed by atoms with Crippen LogP contribution in [0.3, 0.4) is 0 Å². The quantitative estimate of drug-likeness (QED) is 0.781. The summed E-state index contributed by atoms with van der Waals surface area (Å²) in [6.45, 7) is 0. The Morgan fingerprint density at radius 1 is 1.21 bits per heavy atom. The van der Waals surface area contributed by atoms with E-state index in [2.05, 4.69) is 4.98 Å². The van der Waals surface area contributed by atoms with Gasteiger partial charge in [-0.3, -0.25) is 0 Å². The van der Waals surface area contributed by atoms with Gasteiger partial charge in [0.25, 0.3) is 0 Å². The highest BCUT2D eigenvalue weighted by Gasteiger charge is 2.06. The van der Waals surface area contributed by atoms with Gasteiger partial charge >= 0.3 is 0 Å². The molecule has 19 heavy (non-hydrogen) atoms. The SMILES string of the molecule is COc1ccc(Cc2cn3cccc(O)c3n2)cc1. The molecule has 1 aromatic carbocycles. The maximum absolute atomic E-state index is 9.72. The highest BCUT2D eigenvalue weighted by atomic mass is 16.5. The van der Waals surface area contributed by atoms with Crippen molar-refractivity contribution in [2.75, 3.05) is 7.11 Å². The molecule has 0 unspecified atom stereocenters. The highest BCUT2D eigenvalue weighted by Crippen LogP contribution is 2.19. The van der Waals surface area contributed by atoms with Crippen LogP contribution >= 0.6 is 0 Å². The van der Waals surface area contributed by atoms with Crippen molar-refractivity contribution in [3.05, 3.63) is 60.0 Å². The molecule has 0 saturated carbocycles. The monoisotopic (exact) mass is 254 g/mol. The summed E-state index contributed by atoms with van der Waals surface area (Å²) in [5, 5.41) is 9.72. The molecule has 0 spiro atoms. The van der Waals surface area contributed by atoms with E-state index in [1.165, 1.54) is 0 Å². The Kier molecular flexibility index (Phi) is 2.83. The molecule has 0 aliphatic heterocycles. The summed E-state index contributed by atoms with van der Waals surface area (Å²) in [7, 11) is 1.65. The largest absolute Gasteiger partial charge is 0.504 e. The minimum absolute atomic E-state index is 0.198. The second-order valence-electron chi connectivity index (χ2n) is 4.38. The molecule has 0 saturated heterocycles. The van der Waals surface area contributed by atoms with Crippen LogP contribution in [0, 0.1) is 0 Å². The Labute approximate surface area is 110 Å². The van der Waals surface area contributed by atoms with Crippen LogP contribution in [-0.4, -0.2) is 21.6 Å². The number of ether oxygens (including phenoxy) is 1. The van der Waals surface area contributed by atoms with Crippen molar-refractivity contribution in [1.82, 2.24) is 9.38 Å². The van der Waals surface area contributed by atoms with E-state index >= 15 is 0 Å². The van der Waals surface area contributed by atoms with E-state index in [0.29, 0.717) is 5.65 Å². The minimum atomic E-state index is 0.198. The fraction of sp³-hybridized carbons (Fsp3) is 0.133. The number of nitrogens with zero attached hydrogens (tertiary/aromatic N) is 2. The fourth-order valence-electron chi connectivity index (χ4n) is 2.09. The number of rotatable bonds is 3. The fourth-order valence-corrected chi connectivity index (χ4v) is 2.09. The summed E-state index contributed by atoms with van der Waals surface area (Å²) in [5.41, 5.74) is 2.67. The Hall–Kier alpha value is -2.49. The van der Waals surface area contributed by atoms with Crippen LogP contribution in [0.4, 0.5) is 0 Å². The third-order valence-corrected chi connectivity index (χ3v) is 3.06. The van der Waals surface area contributed by atoms with Crippen LogP contribution in [-0.2, 0) is 6.42 Å². The lowest BCUT2D eigenvalue weighted by atomic mass is 10.1. The average Bonchev–Trinajstić information content (AvgIpc) is 2.84. The van der Waals surface area contributed by atoms with Crippen molar-refractivity contribution < 1.29 is 9.84 Å². The zero-order valence-electron chi connectivity index (χ0n) is 10.6. The Balaban J connectivity index is 1.90. The summed E-state index contributed by atoms with van der Waals surface area (Å²) in [5.74, 6) is 1.04. The van der Waals surface area contributed by atoms with E-state index in [1.807, 2.05) is 41.1 Å². The molecule has 96 valence electrons. The van der Waals surface area contributed by atoms with E-state index in [1.54, 1.807) is 19.2 Å². The summed E-state index contributed by atoms with van der Waals surface area (Å²) in [4.78, 5) is 4.43. The van der Waals surface area contributed by atoms with Gasteiger partial charge in [0.15, 0.2) is 11.4 Å². The van der Waals surface area contributed by atoms with Gasteiger partial charge in [-0.05, 0) is 29.8 Å². The Bertz CT molecular complexity index is 702. The van der Waals surface area contributed by atoms with E-state index < -0.39 is 0 Å². The van der Waals surface area contributed by atoms with Crippen molar-refractivity contribution >= 4 is 5.65 Å². The lowest BCUT2D eigenvalue weighted by Crippen LogP contribution is -1.89. The molecule has 4 heteroatoms. The number of hydrogen-bond acceptors (Lipinski definition) is 3. The molecule has 0 aliphatic rings. The first-order valence-corrected chi connectivity index (χ1v) is 6.05. The number of methoxy groups -OCH3 is 1. The molecule has 4 nitrogen and oxygen atoms in total. The van der Waals surface area contributed by atoms with Crippen LogP contribution in [0.1, 0.15) is 11.3 Å². The molecule has 3 rings (SSSR count). The molecule has 0 atom stereocenters. The predicted molar refractivity (Wildman–Crippen MR) is 72.7 cm³/mol. The molecular weight excluding hydrogens is 240 g/mol. The number of imidazole rings is 1. The minimum Gasteiger partial charge on any atom is -0.504 e. The molecule has 3 aromatic rings. The number of benzene rings is 1. The summed E-state index contributed by atoms with van der Waals surface area (Å²) in [6, 6.07) is 11.3. The van der Waals surface area contributed by atoms with Crippen molar-refractivity contribution in [2.45, 2.75) is 6.42 Å². The molecule has 1 N–H and O–H groups in total. The Morgan fingerprint density at radius 3 is 2.68 bits per heavy atom. The van der Waals surface area contributed by atoms with Gasteiger partial charge in [0, 0.05) is 18.8 Å². The molecule has 0 amide bonds.